The summed E-state index contributed by atoms with van der Waals surface area (Å²) in [7, 11) is 0. The summed E-state index contributed by atoms with van der Waals surface area (Å²) in [5.74, 6) is 0.665. The van der Waals surface area contributed by atoms with Gasteiger partial charge in [-0.3, -0.25) is 4.90 Å². The van der Waals surface area contributed by atoms with Crippen molar-refractivity contribution in [2.24, 2.45) is 0 Å². The maximum Gasteiger partial charge on any atom is 0.418 e. The van der Waals surface area contributed by atoms with Crippen molar-refractivity contribution in [2.75, 3.05) is 18.4 Å². The van der Waals surface area contributed by atoms with Crippen LogP contribution in [0.5, 0.6) is 0 Å². The summed E-state index contributed by atoms with van der Waals surface area (Å²) < 4.78 is 42.8. The number of piperidine rings is 1. The van der Waals surface area contributed by atoms with Crippen LogP contribution in [0.3, 0.4) is 0 Å². The molecule has 1 N–H and O–H groups in total. The smallest absolute Gasteiger partial charge is 0.369 e. The molecule has 0 saturated carbocycles. The van der Waals surface area contributed by atoms with Crippen LogP contribution >= 0.6 is 11.6 Å². The fourth-order valence-corrected chi connectivity index (χ4v) is 5.04. The zero-order valence-corrected chi connectivity index (χ0v) is 18.3. The second-order valence-electron chi connectivity index (χ2n) is 8.43. The van der Waals surface area contributed by atoms with Gasteiger partial charge in [0.05, 0.1) is 23.0 Å². The van der Waals surface area contributed by atoms with Gasteiger partial charge in [-0.25, -0.2) is 4.68 Å². The molecule has 5 rings (SSSR count). The molecule has 4 nitrogen and oxygen atoms in total. The Kier molecular flexibility index (Phi) is 5.63. The lowest BCUT2D eigenvalue weighted by Gasteiger charge is -2.35. The van der Waals surface area contributed by atoms with E-state index in [-0.39, 0.29) is 16.8 Å². The Balaban J connectivity index is 1.57. The van der Waals surface area contributed by atoms with Crippen molar-refractivity contribution in [3.05, 3.63) is 75.9 Å². The van der Waals surface area contributed by atoms with Crippen molar-refractivity contribution in [3.63, 3.8) is 0 Å². The average Bonchev–Trinajstić information content (AvgIpc) is 3.38. The summed E-state index contributed by atoms with van der Waals surface area (Å²) in [6.07, 6.45) is -0.625. The quantitative estimate of drug-likeness (QED) is 0.500. The number of hydrogen-bond acceptors (Lipinski definition) is 3. The minimum absolute atomic E-state index is 0.00391. The van der Waals surface area contributed by atoms with E-state index in [1.807, 2.05) is 18.2 Å². The van der Waals surface area contributed by atoms with Gasteiger partial charge in [0, 0.05) is 23.7 Å². The van der Waals surface area contributed by atoms with Gasteiger partial charge < -0.3 is 5.32 Å². The van der Waals surface area contributed by atoms with E-state index in [1.54, 1.807) is 0 Å². The van der Waals surface area contributed by atoms with E-state index < -0.39 is 11.7 Å². The van der Waals surface area contributed by atoms with Gasteiger partial charge in [0.1, 0.15) is 5.82 Å². The molecule has 1 unspecified atom stereocenters. The molecule has 2 aliphatic heterocycles. The van der Waals surface area contributed by atoms with E-state index in [0.29, 0.717) is 12.4 Å². The molecule has 8 heteroatoms. The van der Waals surface area contributed by atoms with Gasteiger partial charge in [-0.15, -0.1) is 0 Å². The number of nitrogens with zero attached hydrogens (tertiary/aromatic N) is 3. The molecule has 0 radical (unpaired) electrons. The summed E-state index contributed by atoms with van der Waals surface area (Å²) in [6.45, 7) is 2.44. The average molecular weight is 461 g/mol. The molecule has 3 heterocycles. The van der Waals surface area contributed by atoms with E-state index >= 15 is 0 Å². The van der Waals surface area contributed by atoms with Crippen molar-refractivity contribution in [3.8, 4) is 5.69 Å². The Bertz CT molecular complexity index is 1110. The molecule has 2 aromatic carbocycles. The minimum Gasteiger partial charge on any atom is -0.369 e. The van der Waals surface area contributed by atoms with Crippen LogP contribution in [0.4, 0.5) is 19.0 Å². The highest BCUT2D eigenvalue weighted by molar-refractivity contribution is 6.30. The molecule has 2 aliphatic rings. The monoisotopic (exact) mass is 460 g/mol. The van der Waals surface area contributed by atoms with Gasteiger partial charge in [-0.1, -0.05) is 48.4 Å². The van der Waals surface area contributed by atoms with Crippen LogP contribution in [0, 0.1) is 0 Å². The Hall–Kier alpha value is -2.51. The van der Waals surface area contributed by atoms with Crippen molar-refractivity contribution in [1.82, 2.24) is 14.7 Å². The molecular formula is C24H24ClF3N4. The number of alkyl halides is 3. The highest BCUT2D eigenvalue weighted by Crippen LogP contribution is 2.41. The maximum atomic E-state index is 13.8. The van der Waals surface area contributed by atoms with Crippen LogP contribution < -0.4 is 5.32 Å². The van der Waals surface area contributed by atoms with Gasteiger partial charge in [0.25, 0.3) is 0 Å². The van der Waals surface area contributed by atoms with E-state index in [9.17, 15) is 13.2 Å². The predicted molar refractivity (Wildman–Crippen MR) is 119 cm³/mol. The largest absolute Gasteiger partial charge is 0.418 e. The zero-order chi connectivity index (χ0) is 22.3. The van der Waals surface area contributed by atoms with Crippen molar-refractivity contribution in [1.29, 1.82) is 0 Å². The summed E-state index contributed by atoms with van der Waals surface area (Å²) in [4.78, 5) is 2.41. The Labute approximate surface area is 190 Å². The van der Waals surface area contributed by atoms with Gasteiger partial charge in [-0.2, -0.15) is 18.3 Å². The topological polar surface area (TPSA) is 33.1 Å². The van der Waals surface area contributed by atoms with E-state index in [1.165, 1.54) is 22.4 Å². The van der Waals surface area contributed by atoms with E-state index in [4.69, 9.17) is 16.7 Å². The van der Waals surface area contributed by atoms with Gasteiger partial charge in [0.2, 0.25) is 0 Å². The molecule has 1 saturated heterocycles. The third-order valence-electron chi connectivity index (χ3n) is 6.33. The number of benzene rings is 2. The third-order valence-corrected chi connectivity index (χ3v) is 6.57. The number of fused-ring (bicyclic) bond motifs is 1. The molecule has 0 spiro atoms. The summed E-state index contributed by atoms with van der Waals surface area (Å²) >= 11 is 5.90. The molecule has 1 fully saturated rings. The van der Waals surface area contributed by atoms with Crippen LogP contribution in [0.2, 0.25) is 5.02 Å². The lowest BCUT2D eigenvalue weighted by Crippen LogP contribution is -2.33. The molecular weight excluding hydrogens is 437 g/mol. The Morgan fingerprint density at radius 1 is 1.09 bits per heavy atom. The highest BCUT2D eigenvalue weighted by Gasteiger charge is 2.37. The number of aromatic nitrogens is 2. The first-order valence-corrected chi connectivity index (χ1v) is 11.3. The van der Waals surface area contributed by atoms with Crippen molar-refractivity contribution >= 4 is 17.4 Å². The highest BCUT2D eigenvalue weighted by atomic mass is 35.5. The second kappa shape index (κ2) is 8.45. The Morgan fingerprint density at radius 2 is 1.91 bits per heavy atom. The first-order chi connectivity index (χ1) is 15.4. The number of likely N-dealkylation sites (tertiary alicyclic amines) is 1. The fraction of sp³-hybridized carbons (Fsp3) is 0.375. The number of halogens is 4. The van der Waals surface area contributed by atoms with Crippen molar-refractivity contribution < 1.29 is 13.2 Å². The normalized spacial score (nSPS) is 19.1. The Morgan fingerprint density at radius 3 is 2.69 bits per heavy atom. The zero-order valence-electron chi connectivity index (χ0n) is 17.5. The maximum absolute atomic E-state index is 13.8. The number of hydrogen-bond donors (Lipinski definition) is 1. The number of anilines is 1. The molecule has 0 bridgehead atoms. The molecule has 0 amide bonds. The SMILES string of the molecule is FC(F)(F)c1cc(Cl)ccc1-n1nc(C2CCCCN2Cc2ccccc2)c2c1NCC2. The predicted octanol–water partition coefficient (Wildman–Crippen LogP) is 6.24. The van der Waals surface area contributed by atoms with Gasteiger partial charge in [-0.05, 0) is 49.6 Å². The third kappa shape index (κ3) is 3.99. The summed E-state index contributed by atoms with van der Waals surface area (Å²) in [6, 6.07) is 14.2. The number of nitrogens with one attached hydrogen (secondary N) is 1. The fourth-order valence-electron chi connectivity index (χ4n) is 4.87. The molecule has 1 aromatic heterocycles. The van der Waals surface area contributed by atoms with E-state index in [2.05, 4.69) is 22.3 Å². The molecule has 3 aromatic rings. The van der Waals surface area contributed by atoms with Gasteiger partial charge >= 0.3 is 6.18 Å². The number of rotatable bonds is 4. The van der Waals surface area contributed by atoms with Crippen molar-refractivity contribution in [2.45, 2.75) is 44.4 Å². The van der Waals surface area contributed by atoms with Crippen LogP contribution in [0.25, 0.3) is 5.69 Å². The summed E-state index contributed by atoms with van der Waals surface area (Å²) in [5, 5.41) is 8.11. The van der Waals surface area contributed by atoms with Gasteiger partial charge in [0.15, 0.2) is 0 Å². The molecule has 1 atom stereocenters. The first-order valence-electron chi connectivity index (χ1n) is 10.9. The van der Waals surface area contributed by atoms with E-state index in [0.717, 1.165) is 56.1 Å². The molecule has 32 heavy (non-hydrogen) atoms. The summed E-state index contributed by atoms with van der Waals surface area (Å²) in [5.41, 5.74) is 2.37. The second-order valence-corrected chi connectivity index (χ2v) is 8.86. The van der Waals surface area contributed by atoms with Crippen LogP contribution in [0.15, 0.2) is 48.5 Å². The first kappa shape index (κ1) is 21.3. The standard InChI is InChI=1S/C24H24ClF3N4/c25-17-9-10-20(19(14-17)24(26,27)28)32-23-18(11-12-29-23)22(30-32)21-8-4-5-13-31(21)15-16-6-2-1-3-7-16/h1-3,6-7,9-10,14,21,29H,4-5,8,11-13,15H2. The van der Waals surface area contributed by atoms with Crippen LogP contribution in [-0.4, -0.2) is 27.8 Å². The lowest BCUT2D eigenvalue weighted by atomic mass is 9.95. The van der Waals surface area contributed by atoms with Crippen LogP contribution in [-0.2, 0) is 19.1 Å². The van der Waals surface area contributed by atoms with Crippen LogP contribution in [0.1, 0.15) is 47.7 Å². The minimum atomic E-state index is -4.53. The molecule has 168 valence electrons. The molecule has 0 aliphatic carbocycles. The lowest BCUT2D eigenvalue weighted by molar-refractivity contribution is -0.137.